The van der Waals surface area contributed by atoms with Crippen LogP contribution in [0.25, 0.3) is 5.69 Å². The third kappa shape index (κ3) is 1.66. The number of H-pyrrole nitrogens is 1. The number of aromatic amines is 1. The van der Waals surface area contributed by atoms with Gasteiger partial charge in [0, 0.05) is 22.6 Å². The van der Waals surface area contributed by atoms with Gasteiger partial charge >= 0.3 is 0 Å². The van der Waals surface area contributed by atoms with E-state index in [1.54, 1.807) is 0 Å². The highest BCUT2D eigenvalue weighted by atomic mass is 127. The van der Waals surface area contributed by atoms with Crippen molar-refractivity contribution in [3.05, 3.63) is 38.9 Å². The minimum absolute atomic E-state index is 0.621. The number of nitrogens with one attached hydrogen (secondary N) is 1. The number of para-hydroxylation sites is 1. The van der Waals surface area contributed by atoms with Gasteiger partial charge in [-0.25, -0.2) is 0 Å². The molecule has 3 nitrogen and oxygen atoms in total. The lowest BCUT2D eigenvalue weighted by Gasteiger charge is -2.00. The van der Waals surface area contributed by atoms with Crippen molar-refractivity contribution in [2.75, 3.05) is 0 Å². The fourth-order valence-corrected chi connectivity index (χ4v) is 2.12. The molecule has 0 aliphatic rings. The zero-order chi connectivity index (χ0) is 9.26. The molecule has 1 N–H and O–H groups in total. The predicted octanol–water partition coefficient (Wildman–Crippen LogP) is 2.53. The van der Waals surface area contributed by atoms with Gasteiger partial charge in [-0.2, -0.15) is 0 Å². The van der Waals surface area contributed by atoms with Gasteiger partial charge in [-0.1, -0.05) is 18.2 Å². The van der Waals surface area contributed by atoms with Gasteiger partial charge in [0.15, 0.2) is 3.83 Å². The van der Waals surface area contributed by atoms with Crippen molar-refractivity contribution in [3.8, 4) is 5.69 Å². The predicted molar refractivity (Wildman–Crippen MR) is 61.5 cm³/mol. The smallest absolute Gasteiger partial charge is 0.200 e. The Labute approximate surface area is 93.9 Å². The van der Waals surface area contributed by atoms with Crippen LogP contribution in [-0.2, 0) is 0 Å². The van der Waals surface area contributed by atoms with Crippen LogP contribution in [0, 0.1) is 8.60 Å². The number of hydrogen-bond donors (Lipinski definition) is 1. The SMILES string of the molecule is S=c1[nH]nc(I)n1-c1ccccc1. The molecule has 0 saturated heterocycles. The molecule has 0 amide bonds. The first-order valence-electron chi connectivity index (χ1n) is 3.67. The fourth-order valence-electron chi connectivity index (χ4n) is 1.08. The summed E-state index contributed by atoms with van der Waals surface area (Å²) in [7, 11) is 0. The van der Waals surface area contributed by atoms with Crippen LogP contribution in [0.3, 0.4) is 0 Å². The van der Waals surface area contributed by atoms with Crippen molar-refractivity contribution in [3.63, 3.8) is 0 Å². The second-order valence-electron chi connectivity index (χ2n) is 2.47. The van der Waals surface area contributed by atoms with E-state index in [-0.39, 0.29) is 0 Å². The van der Waals surface area contributed by atoms with Gasteiger partial charge in [0.05, 0.1) is 5.69 Å². The Morgan fingerprint density at radius 1 is 1.31 bits per heavy atom. The standard InChI is InChI=1S/C8H6IN3S/c9-7-10-11-8(13)12(7)6-4-2-1-3-5-6/h1-5H,(H,11,13). The van der Waals surface area contributed by atoms with Crippen LogP contribution in [0.2, 0.25) is 0 Å². The van der Waals surface area contributed by atoms with Crippen LogP contribution in [0.15, 0.2) is 30.3 Å². The van der Waals surface area contributed by atoms with Crippen LogP contribution in [0.1, 0.15) is 0 Å². The Kier molecular flexibility index (Phi) is 2.45. The highest BCUT2D eigenvalue weighted by molar-refractivity contribution is 14.1. The van der Waals surface area contributed by atoms with Crippen molar-refractivity contribution >= 4 is 34.8 Å². The van der Waals surface area contributed by atoms with E-state index < -0.39 is 0 Å². The average Bonchev–Trinajstić information content (AvgIpc) is 2.48. The molecule has 0 atom stereocenters. The number of hydrogen-bond acceptors (Lipinski definition) is 2. The molecular weight excluding hydrogens is 297 g/mol. The molecule has 0 bridgehead atoms. The topological polar surface area (TPSA) is 33.6 Å². The molecule has 13 heavy (non-hydrogen) atoms. The monoisotopic (exact) mass is 303 g/mol. The minimum atomic E-state index is 0.621. The number of benzene rings is 1. The molecule has 2 rings (SSSR count). The zero-order valence-electron chi connectivity index (χ0n) is 6.57. The van der Waals surface area contributed by atoms with Crippen LogP contribution in [-0.4, -0.2) is 14.8 Å². The van der Waals surface area contributed by atoms with E-state index in [1.165, 1.54) is 0 Å². The minimum Gasteiger partial charge on any atom is -0.264 e. The molecule has 1 aromatic carbocycles. The largest absolute Gasteiger partial charge is 0.264 e. The first kappa shape index (κ1) is 8.89. The summed E-state index contributed by atoms with van der Waals surface area (Å²) in [6.45, 7) is 0. The normalized spacial score (nSPS) is 10.2. The molecular formula is C8H6IN3S. The number of nitrogens with zero attached hydrogens (tertiary/aromatic N) is 2. The highest BCUT2D eigenvalue weighted by Gasteiger charge is 2.02. The molecule has 0 spiro atoms. The van der Waals surface area contributed by atoms with E-state index in [4.69, 9.17) is 12.2 Å². The van der Waals surface area contributed by atoms with E-state index in [0.717, 1.165) is 9.52 Å². The molecule has 0 saturated carbocycles. The Morgan fingerprint density at radius 3 is 2.54 bits per heavy atom. The van der Waals surface area contributed by atoms with Gasteiger partial charge in [0.1, 0.15) is 0 Å². The van der Waals surface area contributed by atoms with Crippen LogP contribution in [0.4, 0.5) is 0 Å². The number of halogens is 1. The van der Waals surface area contributed by atoms with E-state index in [0.29, 0.717) is 4.77 Å². The van der Waals surface area contributed by atoms with Crippen LogP contribution in [0.5, 0.6) is 0 Å². The molecule has 0 aliphatic carbocycles. The highest BCUT2D eigenvalue weighted by Crippen LogP contribution is 2.11. The average molecular weight is 303 g/mol. The number of aromatic nitrogens is 3. The second-order valence-corrected chi connectivity index (χ2v) is 3.82. The van der Waals surface area contributed by atoms with Crippen molar-refractivity contribution in [2.24, 2.45) is 0 Å². The van der Waals surface area contributed by atoms with Crippen molar-refractivity contribution in [2.45, 2.75) is 0 Å². The molecule has 2 aromatic rings. The number of rotatable bonds is 1. The first-order valence-corrected chi connectivity index (χ1v) is 5.16. The first-order chi connectivity index (χ1) is 6.29. The van der Waals surface area contributed by atoms with E-state index in [2.05, 4.69) is 32.8 Å². The summed E-state index contributed by atoms with van der Waals surface area (Å²) in [5, 5.41) is 6.77. The second kappa shape index (κ2) is 3.59. The van der Waals surface area contributed by atoms with Crippen molar-refractivity contribution in [1.82, 2.24) is 14.8 Å². The van der Waals surface area contributed by atoms with Crippen molar-refractivity contribution in [1.29, 1.82) is 0 Å². The third-order valence-corrected chi connectivity index (χ3v) is 2.64. The molecule has 0 unspecified atom stereocenters. The summed E-state index contributed by atoms with van der Waals surface area (Å²) in [5.41, 5.74) is 1.03. The molecule has 1 heterocycles. The Bertz CT molecular complexity index is 460. The van der Waals surface area contributed by atoms with Gasteiger partial charge < -0.3 is 0 Å². The summed E-state index contributed by atoms with van der Waals surface area (Å²) >= 11 is 7.23. The fraction of sp³-hybridized carbons (Fsp3) is 0. The molecule has 5 heteroatoms. The van der Waals surface area contributed by atoms with E-state index in [1.807, 2.05) is 34.9 Å². The lowest BCUT2D eigenvalue weighted by atomic mass is 10.3. The molecule has 0 radical (unpaired) electrons. The van der Waals surface area contributed by atoms with E-state index >= 15 is 0 Å². The van der Waals surface area contributed by atoms with Crippen LogP contribution >= 0.6 is 34.8 Å². The van der Waals surface area contributed by atoms with Gasteiger partial charge in [-0.05, 0) is 24.4 Å². The molecule has 0 fully saturated rings. The molecule has 66 valence electrons. The maximum Gasteiger partial charge on any atom is 0.200 e. The maximum atomic E-state index is 5.09. The van der Waals surface area contributed by atoms with Gasteiger partial charge in [0.25, 0.3) is 0 Å². The Balaban J connectivity index is 2.65. The molecule has 0 aliphatic heterocycles. The summed E-state index contributed by atoms with van der Waals surface area (Å²) in [4.78, 5) is 0. The van der Waals surface area contributed by atoms with Gasteiger partial charge in [-0.15, -0.1) is 5.10 Å². The van der Waals surface area contributed by atoms with E-state index in [9.17, 15) is 0 Å². The Morgan fingerprint density at radius 2 is 2.00 bits per heavy atom. The van der Waals surface area contributed by atoms with Crippen molar-refractivity contribution < 1.29 is 0 Å². The maximum absolute atomic E-state index is 5.09. The summed E-state index contributed by atoms with van der Waals surface area (Å²) in [5.74, 6) is 0. The zero-order valence-corrected chi connectivity index (χ0v) is 9.54. The Hall–Kier alpha value is -0.690. The van der Waals surface area contributed by atoms with Gasteiger partial charge in [-0.3, -0.25) is 9.67 Å². The lowest BCUT2D eigenvalue weighted by Crippen LogP contribution is -1.95. The quantitative estimate of drug-likeness (QED) is 0.649. The third-order valence-electron chi connectivity index (χ3n) is 1.65. The summed E-state index contributed by atoms with van der Waals surface area (Å²) < 4.78 is 3.35. The van der Waals surface area contributed by atoms with Gasteiger partial charge in [0.2, 0.25) is 4.77 Å². The lowest BCUT2D eigenvalue weighted by molar-refractivity contribution is 0.997. The molecule has 1 aromatic heterocycles. The van der Waals surface area contributed by atoms with Crippen LogP contribution < -0.4 is 0 Å². The summed E-state index contributed by atoms with van der Waals surface area (Å²) in [6, 6.07) is 9.90. The summed E-state index contributed by atoms with van der Waals surface area (Å²) in [6.07, 6.45) is 0.